The molecule has 184 valence electrons. The molecule has 3 rings (SSSR count). The first kappa shape index (κ1) is 25.8. The molecule has 2 amide bonds. The van der Waals surface area contributed by atoms with E-state index in [1.54, 1.807) is 36.5 Å². The van der Waals surface area contributed by atoms with Gasteiger partial charge in [-0.2, -0.15) is 0 Å². The summed E-state index contributed by atoms with van der Waals surface area (Å²) in [5, 5.41) is 5.79. The first-order chi connectivity index (χ1) is 16.3. The molecule has 1 aliphatic carbocycles. The highest BCUT2D eigenvalue weighted by Crippen LogP contribution is 2.29. The van der Waals surface area contributed by atoms with E-state index in [0.29, 0.717) is 25.9 Å². The van der Waals surface area contributed by atoms with Crippen LogP contribution in [0.4, 0.5) is 0 Å². The number of amides is 2. The summed E-state index contributed by atoms with van der Waals surface area (Å²) in [7, 11) is -3.53. The zero-order chi connectivity index (χ0) is 24.6. The van der Waals surface area contributed by atoms with Crippen LogP contribution in [0, 0.1) is 17.8 Å². The summed E-state index contributed by atoms with van der Waals surface area (Å²) < 4.78 is 27.5. The maximum absolute atomic E-state index is 12.9. The Morgan fingerprint density at radius 2 is 1.68 bits per heavy atom. The van der Waals surface area contributed by atoms with Crippen LogP contribution < -0.4 is 15.4 Å². The minimum Gasteiger partial charge on any atom is -0.349 e. The van der Waals surface area contributed by atoms with Crippen LogP contribution in [0.5, 0.6) is 0 Å². The topological polar surface area (TPSA) is 117 Å². The van der Waals surface area contributed by atoms with Crippen molar-refractivity contribution in [2.24, 2.45) is 17.8 Å². The van der Waals surface area contributed by atoms with Crippen LogP contribution in [-0.2, 0) is 26.2 Å². The number of rotatable bonds is 10. The van der Waals surface area contributed by atoms with Gasteiger partial charge in [-0.05, 0) is 61.8 Å². The van der Waals surface area contributed by atoms with E-state index in [9.17, 15) is 18.0 Å². The highest BCUT2D eigenvalue weighted by atomic mass is 32.2. The predicted octanol–water partition coefficient (Wildman–Crippen LogP) is 2.62. The molecule has 0 radical (unpaired) electrons. The summed E-state index contributed by atoms with van der Waals surface area (Å²) in [6.07, 6.45) is 4.53. The summed E-state index contributed by atoms with van der Waals surface area (Å²) in [6, 6.07) is 13.2. The van der Waals surface area contributed by atoms with E-state index in [-0.39, 0.29) is 34.5 Å². The molecule has 8 nitrogen and oxygen atoms in total. The van der Waals surface area contributed by atoms with Gasteiger partial charge >= 0.3 is 0 Å². The molecule has 1 aliphatic rings. The van der Waals surface area contributed by atoms with Crippen LogP contribution in [0.25, 0.3) is 0 Å². The molecule has 0 saturated heterocycles. The lowest BCUT2D eigenvalue weighted by Crippen LogP contribution is -2.51. The van der Waals surface area contributed by atoms with Gasteiger partial charge < -0.3 is 10.6 Å². The molecule has 1 atom stereocenters. The third kappa shape index (κ3) is 7.36. The third-order valence-electron chi connectivity index (χ3n) is 6.25. The molecule has 1 heterocycles. The second-order valence-corrected chi connectivity index (χ2v) is 10.9. The Morgan fingerprint density at radius 3 is 2.29 bits per heavy atom. The highest BCUT2D eigenvalue weighted by molar-refractivity contribution is 7.89. The van der Waals surface area contributed by atoms with Crippen LogP contribution in [0.15, 0.2) is 59.6 Å². The van der Waals surface area contributed by atoms with Crippen LogP contribution in [-0.4, -0.2) is 37.8 Å². The van der Waals surface area contributed by atoms with Crippen LogP contribution in [0.2, 0.25) is 0 Å². The molecule has 1 fully saturated rings. The molecule has 0 spiro atoms. The van der Waals surface area contributed by atoms with Gasteiger partial charge in [-0.1, -0.05) is 38.1 Å². The average molecular weight is 487 g/mol. The number of nitrogens with one attached hydrogen (secondary N) is 3. The van der Waals surface area contributed by atoms with Gasteiger partial charge in [0.15, 0.2) is 0 Å². The maximum Gasteiger partial charge on any atom is 0.243 e. The third-order valence-corrected chi connectivity index (χ3v) is 7.69. The summed E-state index contributed by atoms with van der Waals surface area (Å²) in [4.78, 5) is 30.0. The molecule has 1 aromatic heterocycles. The fraction of sp³-hybridized carbons (Fsp3) is 0.480. The number of hydrogen-bond donors (Lipinski definition) is 3. The lowest BCUT2D eigenvalue weighted by molar-refractivity contribution is -0.133. The number of nitrogens with zero attached hydrogens (tertiary/aromatic N) is 1. The zero-order valence-corrected chi connectivity index (χ0v) is 20.6. The molecule has 3 N–H and O–H groups in total. The zero-order valence-electron chi connectivity index (χ0n) is 19.7. The van der Waals surface area contributed by atoms with Crippen molar-refractivity contribution in [1.82, 2.24) is 20.3 Å². The molecule has 0 bridgehead atoms. The van der Waals surface area contributed by atoms with Gasteiger partial charge in [0.05, 0.1) is 17.1 Å². The van der Waals surface area contributed by atoms with E-state index < -0.39 is 16.1 Å². The summed E-state index contributed by atoms with van der Waals surface area (Å²) in [6.45, 7) is 4.47. The SMILES string of the molecule is CC(C)[C@@H](NC(=O)C1CCC(CNS(=O)(=O)c2ccccc2)CC1)C(=O)NCc1ccccn1. The van der Waals surface area contributed by atoms with Gasteiger partial charge in [0.25, 0.3) is 0 Å². The molecular formula is C25H34N4O4S. The first-order valence-electron chi connectivity index (χ1n) is 11.8. The molecular weight excluding hydrogens is 452 g/mol. The quantitative estimate of drug-likeness (QED) is 0.477. The molecule has 9 heteroatoms. The number of carbonyl (C=O) groups is 2. The molecule has 34 heavy (non-hydrogen) atoms. The van der Waals surface area contributed by atoms with Crippen LogP contribution in [0.1, 0.15) is 45.2 Å². The largest absolute Gasteiger partial charge is 0.349 e. The smallest absolute Gasteiger partial charge is 0.243 e. The van der Waals surface area contributed by atoms with Crippen molar-refractivity contribution in [1.29, 1.82) is 0 Å². The van der Waals surface area contributed by atoms with Gasteiger partial charge in [-0.15, -0.1) is 0 Å². The molecule has 0 unspecified atom stereocenters. The standard InChI is InChI=1S/C25H34N4O4S/c1-18(2)23(25(31)27-17-21-8-6-7-15-26-21)29-24(30)20-13-11-19(12-14-20)16-28-34(32,33)22-9-4-3-5-10-22/h3-10,15,18-20,23,28H,11-14,16-17H2,1-2H3,(H,27,31)(H,29,30)/t19?,20?,23-/m1/s1. The van der Waals surface area contributed by atoms with E-state index in [1.807, 2.05) is 32.0 Å². The van der Waals surface area contributed by atoms with Crippen molar-refractivity contribution < 1.29 is 18.0 Å². The van der Waals surface area contributed by atoms with Gasteiger partial charge in [-0.25, -0.2) is 13.1 Å². The Labute approximate surface area is 202 Å². The van der Waals surface area contributed by atoms with Crippen molar-refractivity contribution >= 4 is 21.8 Å². The number of pyridine rings is 1. The summed E-state index contributed by atoms with van der Waals surface area (Å²) >= 11 is 0. The summed E-state index contributed by atoms with van der Waals surface area (Å²) in [5.41, 5.74) is 0.755. The monoisotopic (exact) mass is 486 g/mol. The maximum atomic E-state index is 12.9. The Balaban J connectivity index is 1.45. The van der Waals surface area contributed by atoms with E-state index in [1.165, 1.54) is 0 Å². The fourth-order valence-corrected chi connectivity index (χ4v) is 5.27. The molecule has 1 saturated carbocycles. The van der Waals surface area contributed by atoms with Crippen LogP contribution in [0.3, 0.4) is 0 Å². The van der Waals surface area contributed by atoms with Crippen molar-refractivity contribution in [3.05, 3.63) is 60.4 Å². The van der Waals surface area contributed by atoms with Gasteiger partial charge in [0.1, 0.15) is 6.04 Å². The van der Waals surface area contributed by atoms with Gasteiger partial charge in [-0.3, -0.25) is 14.6 Å². The van der Waals surface area contributed by atoms with Gasteiger partial charge in [0.2, 0.25) is 21.8 Å². The van der Waals surface area contributed by atoms with Crippen LogP contribution >= 0.6 is 0 Å². The molecule has 1 aromatic carbocycles. The van der Waals surface area contributed by atoms with E-state index >= 15 is 0 Å². The van der Waals surface area contributed by atoms with E-state index in [2.05, 4.69) is 20.3 Å². The Bertz CT molecular complexity index is 1040. The number of benzene rings is 1. The molecule has 0 aliphatic heterocycles. The van der Waals surface area contributed by atoms with Crippen molar-refractivity contribution in [3.63, 3.8) is 0 Å². The first-order valence-corrected chi connectivity index (χ1v) is 13.3. The minimum atomic E-state index is -3.53. The fourth-order valence-electron chi connectivity index (χ4n) is 4.14. The lowest BCUT2D eigenvalue weighted by Gasteiger charge is -2.30. The lowest BCUT2D eigenvalue weighted by atomic mass is 9.81. The van der Waals surface area contributed by atoms with Crippen molar-refractivity contribution in [2.75, 3.05) is 6.54 Å². The number of carbonyl (C=O) groups excluding carboxylic acids is 2. The Hall–Kier alpha value is -2.78. The summed E-state index contributed by atoms with van der Waals surface area (Å²) in [5.74, 6) is -0.388. The highest BCUT2D eigenvalue weighted by Gasteiger charge is 2.31. The van der Waals surface area contributed by atoms with Crippen molar-refractivity contribution in [3.8, 4) is 0 Å². The minimum absolute atomic E-state index is 0.0589. The second kappa shape index (κ2) is 12.1. The van der Waals surface area contributed by atoms with E-state index in [0.717, 1.165) is 18.5 Å². The van der Waals surface area contributed by atoms with E-state index in [4.69, 9.17) is 0 Å². The number of hydrogen-bond acceptors (Lipinski definition) is 5. The Kier molecular flexibility index (Phi) is 9.18. The van der Waals surface area contributed by atoms with Crippen molar-refractivity contribution in [2.45, 2.75) is 57.0 Å². The second-order valence-electron chi connectivity index (χ2n) is 9.15. The van der Waals surface area contributed by atoms with Gasteiger partial charge in [0, 0.05) is 18.7 Å². The Morgan fingerprint density at radius 1 is 1.00 bits per heavy atom. The molecule has 2 aromatic rings. The number of aromatic nitrogens is 1. The number of sulfonamides is 1. The average Bonchev–Trinajstić information content (AvgIpc) is 2.86. The normalized spacial score (nSPS) is 19.4. The predicted molar refractivity (Wildman–Crippen MR) is 130 cm³/mol.